The molecule has 2 atom stereocenters. The van der Waals surface area contributed by atoms with Crippen LogP contribution in [0.25, 0.3) is 0 Å². The Morgan fingerprint density at radius 1 is 0.964 bits per heavy atom. The number of allylic oxidation sites excluding steroid dienone is 1. The summed E-state index contributed by atoms with van der Waals surface area (Å²) < 4.78 is 0. The number of likely N-dealkylation sites (N-methyl/N-ethyl adjacent to an activating group) is 1. The molecule has 1 aliphatic rings. The summed E-state index contributed by atoms with van der Waals surface area (Å²) in [6.45, 7) is 4.09. The minimum absolute atomic E-state index is 0.0101. The number of hydrogen-bond donors (Lipinski definition) is 0. The molecule has 2 nitrogen and oxygen atoms in total. The van der Waals surface area contributed by atoms with Crippen LogP contribution in [0.5, 0.6) is 0 Å². The fourth-order valence-corrected chi connectivity index (χ4v) is 4.62. The molecule has 0 spiro atoms. The van der Waals surface area contributed by atoms with E-state index in [1.165, 1.54) is 0 Å². The van der Waals surface area contributed by atoms with Gasteiger partial charge in [0.1, 0.15) is 5.41 Å². The van der Waals surface area contributed by atoms with Gasteiger partial charge in [0.2, 0.25) is 5.91 Å². The predicted octanol–water partition coefficient (Wildman–Crippen LogP) is 6.23. The molecule has 140 valence electrons. The van der Waals surface area contributed by atoms with Gasteiger partial charge in [-0.1, -0.05) is 83.9 Å². The number of carbonyl (C=O) groups excluding carboxylic acids is 1. The summed E-state index contributed by atoms with van der Waals surface area (Å²) in [6.07, 6.45) is 1.83. The highest BCUT2D eigenvalue weighted by Gasteiger charge is 2.55. The third-order valence-corrected chi connectivity index (χ3v) is 6.31. The minimum atomic E-state index is -0.925. The molecule has 1 amide bonds. The van der Waals surface area contributed by atoms with E-state index in [4.69, 9.17) is 23.2 Å². The van der Waals surface area contributed by atoms with Crippen LogP contribution < -0.4 is 4.90 Å². The largest absolute Gasteiger partial charge is 0.314 e. The highest BCUT2D eigenvalue weighted by atomic mass is 35.5. The minimum Gasteiger partial charge on any atom is -0.314 e. The number of para-hydroxylation sites is 1. The second-order valence-corrected chi connectivity index (χ2v) is 7.76. The van der Waals surface area contributed by atoms with E-state index in [2.05, 4.69) is 6.58 Å². The summed E-state index contributed by atoms with van der Waals surface area (Å²) in [5, 5.41) is 0.943. The Labute approximate surface area is 175 Å². The summed E-state index contributed by atoms with van der Waals surface area (Å²) in [7, 11) is 1.82. The van der Waals surface area contributed by atoms with Gasteiger partial charge in [0.05, 0.1) is 10.0 Å². The molecule has 3 aromatic carbocycles. The molecule has 0 saturated heterocycles. The zero-order valence-electron chi connectivity index (χ0n) is 15.4. The third-order valence-electron chi connectivity index (χ3n) is 5.57. The zero-order valence-corrected chi connectivity index (χ0v) is 16.9. The van der Waals surface area contributed by atoms with Gasteiger partial charge < -0.3 is 4.90 Å². The molecular weight excluding hydrogens is 389 g/mol. The number of halogens is 2. The lowest BCUT2D eigenvalue weighted by molar-refractivity contribution is -0.121. The van der Waals surface area contributed by atoms with Crippen molar-refractivity contribution in [2.45, 2.75) is 11.3 Å². The van der Waals surface area contributed by atoms with Crippen molar-refractivity contribution in [1.29, 1.82) is 0 Å². The molecule has 0 fully saturated rings. The van der Waals surface area contributed by atoms with Gasteiger partial charge in [-0.15, -0.1) is 6.58 Å². The van der Waals surface area contributed by atoms with E-state index < -0.39 is 5.41 Å². The predicted molar refractivity (Wildman–Crippen MR) is 116 cm³/mol. The molecule has 0 bridgehead atoms. The van der Waals surface area contributed by atoms with Crippen molar-refractivity contribution >= 4 is 34.8 Å². The number of anilines is 1. The van der Waals surface area contributed by atoms with Crippen molar-refractivity contribution in [3.05, 3.63) is 112 Å². The standard InChI is InChI=1S/C24H19Cl2NO/c1-3-18(16-13-14-20(25)21(26)15-16)24(17-9-5-4-6-10-17)19-11-7-8-12-22(19)27(2)23(24)28/h3-15,18H,1H2,2H3. The number of hydrogen-bond acceptors (Lipinski definition) is 1. The highest BCUT2D eigenvalue weighted by molar-refractivity contribution is 6.42. The van der Waals surface area contributed by atoms with Gasteiger partial charge in [-0.2, -0.15) is 0 Å². The van der Waals surface area contributed by atoms with E-state index in [1.54, 1.807) is 11.0 Å². The molecule has 0 N–H and O–H groups in total. The van der Waals surface area contributed by atoms with Crippen molar-refractivity contribution in [3.8, 4) is 0 Å². The Balaban J connectivity index is 2.06. The smallest absolute Gasteiger partial charge is 0.242 e. The van der Waals surface area contributed by atoms with Gasteiger partial charge in [0.15, 0.2) is 0 Å². The third kappa shape index (κ3) is 2.60. The lowest BCUT2D eigenvalue weighted by atomic mass is 9.64. The summed E-state index contributed by atoms with van der Waals surface area (Å²) in [6, 6.07) is 23.3. The number of nitrogens with zero attached hydrogens (tertiary/aromatic N) is 1. The maximum atomic E-state index is 13.8. The van der Waals surface area contributed by atoms with Crippen LogP contribution in [0.1, 0.15) is 22.6 Å². The van der Waals surface area contributed by atoms with Gasteiger partial charge in [-0.3, -0.25) is 4.79 Å². The van der Waals surface area contributed by atoms with Crippen molar-refractivity contribution in [3.63, 3.8) is 0 Å². The highest BCUT2D eigenvalue weighted by Crippen LogP contribution is 2.54. The molecule has 0 saturated carbocycles. The van der Waals surface area contributed by atoms with Gasteiger partial charge in [0, 0.05) is 18.7 Å². The molecule has 0 aliphatic carbocycles. The van der Waals surface area contributed by atoms with E-state index >= 15 is 0 Å². The monoisotopic (exact) mass is 407 g/mol. The average Bonchev–Trinajstić information content (AvgIpc) is 2.95. The average molecular weight is 408 g/mol. The first-order valence-corrected chi connectivity index (χ1v) is 9.78. The van der Waals surface area contributed by atoms with E-state index in [1.807, 2.05) is 79.9 Å². The molecule has 4 heteroatoms. The van der Waals surface area contributed by atoms with Gasteiger partial charge >= 0.3 is 0 Å². The molecular formula is C24H19Cl2NO. The van der Waals surface area contributed by atoms with Crippen LogP contribution in [0.4, 0.5) is 5.69 Å². The Morgan fingerprint density at radius 2 is 1.64 bits per heavy atom. The molecule has 4 rings (SSSR count). The second kappa shape index (κ2) is 7.12. The van der Waals surface area contributed by atoms with Crippen LogP contribution in [0.3, 0.4) is 0 Å². The number of benzene rings is 3. The van der Waals surface area contributed by atoms with Crippen LogP contribution in [0.2, 0.25) is 10.0 Å². The Morgan fingerprint density at radius 3 is 2.32 bits per heavy atom. The van der Waals surface area contributed by atoms with Crippen LogP contribution in [-0.4, -0.2) is 13.0 Å². The van der Waals surface area contributed by atoms with Crippen LogP contribution in [-0.2, 0) is 10.2 Å². The first-order valence-electron chi connectivity index (χ1n) is 9.02. The zero-order chi connectivity index (χ0) is 19.9. The van der Waals surface area contributed by atoms with E-state index in [0.29, 0.717) is 10.0 Å². The maximum Gasteiger partial charge on any atom is 0.242 e. The molecule has 1 heterocycles. The maximum absolute atomic E-state index is 13.8. The van der Waals surface area contributed by atoms with Crippen molar-refractivity contribution in [1.82, 2.24) is 0 Å². The van der Waals surface area contributed by atoms with E-state index in [9.17, 15) is 4.79 Å². The normalized spacial score (nSPS) is 19.4. The van der Waals surface area contributed by atoms with Crippen LogP contribution >= 0.6 is 23.2 Å². The van der Waals surface area contributed by atoms with Gasteiger partial charge in [-0.05, 0) is 34.9 Å². The topological polar surface area (TPSA) is 20.3 Å². The van der Waals surface area contributed by atoms with Crippen molar-refractivity contribution < 1.29 is 4.79 Å². The fourth-order valence-electron chi connectivity index (χ4n) is 4.32. The van der Waals surface area contributed by atoms with Crippen molar-refractivity contribution in [2.75, 3.05) is 11.9 Å². The van der Waals surface area contributed by atoms with E-state index in [0.717, 1.165) is 22.4 Å². The van der Waals surface area contributed by atoms with Crippen LogP contribution in [0.15, 0.2) is 85.5 Å². The molecule has 2 unspecified atom stereocenters. The quantitative estimate of drug-likeness (QED) is 0.469. The molecule has 0 aromatic heterocycles. The number of fused-ring (bicyclic) bond motifs is 1. The van der Waals surface area contributed by atoms with Crippen LogP contribution in [0, 0.1) is 0 Å². The van der Waals surface area contributed by atoms with Gasteiger partial charge in [0.25, 0.3) is 0 Å². The number of amides is 1. The number of rotatable bonds is 4. The fraction of sp³-hybridized carbons (Fsp3) is 0.125. The summed E-state index contributed by atoms with van der Waals surface area (Å²) in [5.74, 6) is -0.306. The molecule has 3 aromatic rings. The summed E-state index contributed by atoms with van der Waals surface area (Å²) >= 11 is 12.5. The Kier molecular flexibility index (Phi) is 4.78. The first kappa shape index (κ1) is 18.8. The van der Waals surface area contributed by atoms with Gasteiger partial charge in [-0.25, -0.2) is 0 Å². The summed E-state index contributed by atoms with van der Waals surface area (Å²) in [4.78, 5) is 15.6. The Bertz CT molecular complexity index is 1060. The Hall–Kier alpha value is -2.55. The number of carbonyl (C=O) groups is 1. The lowest BCUT2D eigenvalue weighted by Crippen LogP contribution is -2.44. The summed E-state index contributed by atoms with van der Waals surface area (Å²) in [5.41, 5.74) is 2.76. The SMILES string of the molecule is C=CC(c1ccc(Cl)c(Cl)c1)C1(c2ccccc2)C(=O)N(C)c2ccccc21. The first-order chi connectivity index (χ1) is 13.5. The van der Waals surface area contributed by atoms with E-state index in [-0.39, 0.29) is 11.8 Å². The van der Waals surface area contributed by atoms with Crippen molar-refractivity contribution in [2.24, 2.45) is 0 Å². The second-order valence-electron chi connectivity index (χ2n) is 6.94. The molecule has 0 radical (unpaired) electrons. The molecule has 28 heavy (non-hydrogen) atoms. The lowest BCUT2D eigenvalue weighted by Gasteiger charge is -2.36. The molecule has 1 aliphatic heterocycles.